The third-order valence-electron chi connectivity index (χ3n) is 4.90. The lowest BCUT2D eigenvalue weighted by Gasteiger charge is -2.42. The molecule has 0 spiro atoms. The predicted octanol–water partition coefficient (Wildman–Crippen LogP) is 3.58. The Balaban J connectivity index is 1.32. The van der Waals surface area contributed by atoms with Gasteiger partial charge in [-0.1, -0.05) is 30.3 Å². The highest BCUT2D eigenvalue weighted by molar-refractivity contribution is 5.95. The van der Waals surface area contributed by atoms with Crippen LogP contribution >= 0.6 is 0 Å². The Labute approximate surface area is 172 Å². The standard InChI is InChI=1S/C23H30N2O4/c1-3-27-22-13-8-7-12-21(22)24-23(26)18(2)25-16-20(17-25)29-15-9-14-28-19-10-5-4-6-11-19/h4-8,10-13,18,20H,3,9,14-17H2,1-2H3,(H,24,26)/t18-/m1/s1. The van der Waals surface area contributed by atoms with Crippen molar-refractivity contribution in [3.63, 3.8) is 0 Å². The molecule has 0 aliphatic carbocycles. The summed E-state index contributed by atoms with van der Waals surface area (Å²) >= 11 is 0. The molecule has 0 saturated carbocycles. The summed E-state index contributed by atoms with van der Waals surface area (Å²) in [5.41, 5.74) is 0.706. The van der Waals surface area contributed by atoms with Gasteiger partial charge < -0.3 is 19.5 Å². The number of amides is 1. The third-order valence-corrected chi connectivity index (χ3v) is 4.90. The van der Waals surface area contributed by atoms with Gasteiger partial charge in [-0.05, 0) is 38.1 Å². The second kappa shape index (κ2) is 10.8. The van der Waals surface area contributed by atoms with Crippen LogP contribution in [0, 0.1) is 0 Å². The summed E-state index contributed by atoms with van der Waals surface area (Å²) in [6.07, 6.45) is 1.02. The average Bonchev–Trinajstić information content (AvgIpc) is 2.71. The Morgan fingerprint density at radius 1 is 1.07 bits per heavy atom. The number of nitrogens with zero attached hydrogens (tertiary/aromatic N) is 1. The number of hydrogen-bond donors (Lipinski definition) is 1. The van der Waals surface area contributed by atoms with Gasteiger partial charge in [0.1, 0.15) is 11.5 Å². The van der Waals surface area contributed by atoms with Crippen LogP contribution in [0.1, 0.15) is 20.3 Å². The maximum Gasteiger partial charge on any atom is 0.241 e. The zero-order valence-corrected chi connectivity index (χ0v) is 17.2. The maximum absolute atomic E-state index is 12.6. The number of likely N-dealkylation sites (tertiary alicyclic amines) is 1. The Morgan fingerprint density at radius 2 is 1.79 bits per heavy atom. The molecule has 156 valence electrons. The summed E-state index contributed by atoms with van der Waals surface area (Å²) in [4.78, 5) is 14.7. The van der Waals surface area contributed by atoms with E-state index in [1.54, 1.807) is 0 Å². The van der Waals surface area contributed by atoms with E-state index in [1.165, 1.54) is 0 Å². The molecule has 2 aromatic carbocycles. The lowest BCUT2D eigenvalue weighted by atomic mass is 10.1. The molecule has 0 bridgehead atoms. The fraction of sp³-hybridized carbons (Fsp3) is 0.435. The average molecular weight is 399 g/mol. The zero-order chi connectivity index (χ0) is 20.5. The van der Waals surface area contributed by atoms with Crippen molar-refractivity contribution in [2.45, 2.75) is 32.4 Å². The van der Waals surface area contributed by atoms with Crippen LogP contribution in [-0.4, -0.2) is 55.9 Å². The van der Waals surface area contributed by atoms with Crippen LogP contribution in [0.4, 0.5) is 5.69 Å². The molecule has 3 rings (SSSR count). The van der Waals surface area contributed by atoms with E-state index < -0.39 is 0 Å². The number of para-hydroxylation sites is 3. The molecule has 1 saturated heterocycles. The van der Waals surface area contributed by atoms with E-state index in [0.29, 0.717) is 31.3 Å². The van der Waals surface area contributed by atoms with Gasteiger partial charge in [0.05, 0.1) is 37.7 Å². The molecule has 0 unspecified atom stereocenters. The van der Waals surface area contributed by atoms with Crippen LogP contribution in [0.15, 0.2) is 54.6 Å². The number of nitrogens with one attached hydrogen (secondary N) is 1. The minimum absolute atomic E-state index is 0.0353. The minimum atomic E-state index is -0.217. The van der Waals surface area contributed by atoms with E-state index in [1.807, 2.05) is 68.4 Å². The van der Waals surface area contributed by atoms with Crippen LogP contribution in [0.2, 0.25) is 0 Å². The molecule has 0 radical (unpaired) electrons. The van der Waals surface area contributed by atoms with Gasteiger partial charge in [-0.2, -0.15) is 0 Å². The molecule has 6 heteroatoms. The lowest BCUT2D eigenvalue weighted by molar-refractivity contribution is -0.128. The maximum atomic E-state index is 12.6. The number of anilines is 1. The van der Waals surface area contributed by atoms with Crippen LogP contribution in [0.3, 0.4) is 0 Å². The van der Waals surface area contributed by atoms with Crippen molar-refractivity contribution in [2.75, 3.05) is 38.2 Å². The molecule has 1 fully saturated rings. The summed E-state index contributed by atoms with van der Waals surface area (Å²) in [6.45, 7) is 7.23. The van der Waals surface area contributed by atoms with Gasteiger partial charge in [0, 0.05) is 19.5 Å². The van der Waals surface area contributed by atoms with Gasteiger partial charge in [-0.15, -0.1) is 0 Å². The SMILES string of the molecule is CCOc1ccccc1NC(=O)[C@@H](C)N1CC(OCCCOc2ccccc2)C1. The van der Waals surface area contributed by atoms with Crippen LogP contribution in [0.25, 0.3) is 0 Å². The molecule has 1 atom stereocenters. The number of hydrogen-bond acceptors (Lipinski definition) is 5. The first-order valence-electron chi connectivity index (χ1n) is 10.2. The second-order valence-corrected chi connectivity index (χ2v) is 7.06. The summed E-state index contributed by atoms with van der Waals surface area (Å²) < 4.78 is 17.1. The second-order valence-electron chi connectivity index (χ2n) is 7.06. The van der Waals surface area contributed by atoms with E-state index in [-0.39, 0.29) is 18.1 Å². The molecule has 1 aliphatic rings. The van der Waals surface area contributed by atoms with E-state index >= 15 is 0 Å². The van der Waals surface area contributed by atoms with Crippen LogP contribution in [-0.2, 0) is 9.53 Å². The molecular formula is C23H30N2O4. The largest absolute Gasteiger partial charge is 0.494 e. The van der Waals surface area contributed by atoms with Gasteiger partial charge in [0.15, 0.2) is 0 Å². The van der Waals surface area contributed by atoms with Gasteiger partial charge >= 0.3 is 0 Å². The molecule has 2 aromatic rings. The van der Waals surface area contributed by atoms with Crippen molar-refractivity contribution in [3.8, 4) is 11.5 Å². The number of benzene rings is 2. The van der Waals surface area contributed by atoms with Gasteiger partial charge in [0.25, 0.3) is 0 Å². The summed E-state index contributed by atoms with van der Waals surface area (Å²) in [7, 11) is 0. The predicted molar refractivity (Wildman–Crippen MR) is 114 cm³/mol. The fourth-order valence-electron chi connectivity index (χ4n) is 3.16. The topological polar surface area (TPSA) is 60.0 Å². The molecule has 1 N–H and O–H groups in total. The van der Waals surface area contributed by atoms with Crippen molar-refractivity contribution in [1.82, 2.24) is 4.90 Å². The first-order valence-corrected chi connectivity index (χ1v) is 10.2. The normalized spacial score (nSPS) is 15.4. The zero-order valence-electron chi connectivity index (χ0n) is 17.2. The molecule has 6 nitrogen and oxygen atoms in total. The summed E-state index contributed by atoms with van der Waals surface area (Å²) in [5.74, 6) is 1.54. The Bertz CT molecular complexity index is 762. The van der Waals surface area contributed by atoms with Crippen LogP contribution in [0.5, 0.6) is 11.5 Å². The van der Waals surface area contributed by atoms with Gasteiger partial charge in [-0.3, -0.25) is 9.69 Å². The smallest absolute Gasteiger partial charge is 0.241 e. The lowest BCUT2D eigenvalue weighted by Crippen LogP contribution is -2.58. The number of carbonyl (C=O) groups is 1. The molecule has 1 heterocycles. The highest BCUT2D eigenvalue weighted by Crippen LogP contribution is 2.25. The Morgan fingerprint density at radius 3 is 2.55 bits per heavy atom. The highest BCUT2D eigenvalue weighted by atomic mass is 16.5. The molecule has 1 amide bonds. The van der Waals surface area contributed by atoms with Gasteiger partial charge in [-0.25, -0.2) is 0 Å². The van der Waals surface area contributed by atoms with E-state index in [0.717, 1.165) is 25.3 Å². The third kappa shape index (κ3) is 6.21. The van der Waals surface area contributed by atoms with E-state index in [4.69, 9.17) is 14.2 Å². The first-order chi connectivity index (χ1) is 14.2. The van der Waals surface area contributed by atoms with Crippen molar-refractivity contribution in [2.24, 2.45) is 0 Å². The van der Waals surface area contributed by atoms with Crippen molar-refractivity contribution in [3.05, 3.63) is 54.6 Å². The minimum Gasteiger partial charge on any atom is -0.494 e. The van der Waals surface area contributed by atoms with E-state index in [9.17, 15) is 4.79 Å². The Hall–Kier alpha value is -2.57. The number of carbonyl (C=O) groups excluding carboxylic acids is 1. The molecular weight excluding hydrogens is 368 g/mol. The number of ether oxygens (including phenoxy) is 3. The first kappa shape index (κ1) is 21.1. The van der Waals surface area contributed by atoms with Crippen molar-refractivity contribution in [1.29, 1.82) is 0 Å². The fourth-order valence-corrected chi connectivity index (χ4v) is 3.16. The molecule has 29 heavy (non-hydrogen) atoms. The van der Waals surface area contributed by atoms with Crippen LogP contribution < -0.4 is 14.8 Å². The molecule has 1 aliphatic heterocycles. The summed E-state index contributed by atoms with van der Waals surface area (Å²) in [5, 5.41) is 2.97. The number of rotatable bonds is 11. The molecule has 0 aromatic heterocycles. The van der Waals surface area contributed by atoms with Gasteiger partial charge in [0.2, 0.25) is 5.91 Å². The summed E-state index contributed by atoms with van der Waals surface area (Å²) in [6, 6.07) is 17.1. The highest BCUT2D eigenvalue weighted by Gasteiger charge is 2.34. The van der Waals surface area contributed by atoms with Crippen molar-refractivity contribution < 1.29 is 19.0 Å². The Kier molecular flexibility index (Phi) is 7.90. The van der Waals surface area contributed by atoms with Crippen molar-refractivity contribution >= 4 is 11.6 Å². The monoisotopic (exact) mass is 398 g/mol. The van der Waals surface area contributed by atoms with E-state index in [2.05, 4.69) is 10.2 Å². The quantitative estimate of drug-likeness (QED) is 0.586.